The number of hydrogen-bond donors (Lipinski definition) is 0. The van der Waals surface area contributed by atoms with Crippen LogP contribution in [0.3, 0.4) is 0 Å². The summed E-state index contributed by atoms with van der Waals surface area (Å²) in [4.78, 5) is 1.46. The summed E-state index contributed by atoms with van der Waals surface area (Å²) in [5.41, 5.74) is 3.17. The van der Waals surface area contributed by atoms with Crippen LogP contribution in [0.1, 0.15) is 39.2 Å². The Morgan fingerprint density at radius 2 is 2.14 bits per heavy atom. The van der Waals surface area contributed by atoms with E-state index in [4.69, 9.17) is 0 Å². The smallest absolute Gasteiger partial charge is 0.0292 e. The van der Waals surface area contributed by atoms with Gasteiger partial charge < -0.3 is 0 Å². The first-order chi connectivity index (χ1) is 10.6. The van der Waals surface area contributed by atoms with E-state index in [1.54, 1.807) is 0 Å². The molecule has 0 fully saturated rings. The van der Waals surface area contributed by atoms with Crippen LogP contribution in [0.5, 0.6) is 0 Å². The second-order valence-electron chi connectivity index (χ2n) is 6.44. The van der Waals surface area contributed by atoms with Crippen molar-refractivity contribution in [3.8, 4) is 0 Å². The zero-order valence-electron chi connectivity index (χ0n) is 13.5. The van der Waals surface area contributed by atoms with E-state index < -0.39 is 0 Å². The van der Waals surface area contributed by atoms with E-state index in [0.717, 1.165) is 12.8 Å². The highest BCUT2D eigenvalue weighted by Crippen LogP contribution is 2.56. The third kappa shape index (κ3) is 2.76. The first-order valence-corrected chi connectivity index (χ1v) is 9.70. The molecule has 0 amide bonds. The number of thioether (sulfide) groups is 1. The highest BCUT2D eigenvalue weighted by atomic mass is 79.9. The van der Waals surface area contributed by atoms with Gasteiger partial charge in [-0.2, -0.15) is 0 Å². The second kappa shape index (κ2) is 6.41. The Bertz CT molecular complexity index is 655. The lowest BCUT2D eigenvalue weighted by Gasteiger charge is -2.38. The van der Waals surface area contributed by atoms with Crippen molar-refractivity contribution in [3.63, 3.8) is 0 Å². The number of halogens is 1. The molecule has 0 saturated carbocycles. The second-order valence-corrected chi connectivity index (χ2v) is 8.64. The van der Waals surface area contributed by atoms with Crippen LogP contribution in [0.2, 0.25) is 0 Å². The molecule has 2 unspecified atom stereocenters. The molecule has 3 atom stereocenters. The summed E-state index contributed by atoms with van der Waals surface area (Å²) in [6.07, 6.45) is 11.6. The summed E-state index contributed by atoms with van der Waals surface area (Å²) in [6, 6.07) is 8.92. The van der Waals surface area contributed by atoms with Crippen LogP contribution >= 0.6 is 27.7 Å². The Morgan fingerprint density at radius 3 is 2.91 bits per heavy atom. The van der Waals surface area contributed by atoms with Crippen LogP contribution in [0.25, 0.3) is 0 Å². The molecule has 3 rings (SSSR count). The van der Waals surface area contributed by atoms with Gasteiger partial charge in [0.2, 0.25) is 0 Å². The fraction of sp³-hybridized carbons (Fsp3) is 0.400. The van der Waals surface area contributed by atoms with Gasteiger partial charge in [-0.15, -0.1) is 11.8 Å². The van der Waals surface area contributed by atoms with Crippen LogP contribution < -0.4 is 0 Å². The first kappa shape index (κ1) is 16.1. The Labute approximate surface area is 146 Å². The summed E-state index contributed by atoms with van der Waals surface area (Å²) < 4.78 is 1.27. The van der Waals surface area contributed by atoms with Crippen molar-refractivity contribution in [2.45, 2.75) is 49.2 Å². The van der Waals surface area contributed by atoms with E-state index in [1.807, 2.05) is 0 Å². The predicted octanol–water partition coefficient (Wildman–Crippen LogP) is 6.63. The molecule has 1 aromatic carbocycles. The summed E-state index contributed by atoms with van der Waals surface area (Å²) in [7, 11) is 0. The third-order valence-electron chi connectivity index (χ3n) is 4.98. The van der Waals surface area contributed by atoms with Gasteiger partial charge in [0.25, 0.3) is 0 Å². The predicted molar refractivity (Wildman–Crippen MR) is 102 cm³/mol. The van der Waals surface area contributed by atoms with Gasteiger partial charge in [-0.25, -0.2) is 0 Å². The molecule has 1 heterocycles. The zero-order chi connectivity index (χ0) is 15.7. The number of rotatable bonds is 3. The molecule has 0 N–H and O–H groups in total. The minimum atomic E-state index is 0.172. The molecule has 0 saturated heterocycles. The van der Waals surface area contributed by atoms with Gasteiger partial charge in [0.05, 0.1) is 0 Å². The molecule has 0 aromatic heterocycles. The summed E-state index contributed by atoms with van der Waals surface area (Å²) in [5, 5.41) is 0.611. The normalized spacial score (nSPS) is 31.1. The molecule has 22 heavy (non-hydrogen) atoms. The Hall–Kier alpha value is -0.730. The minimum Gasteiger partial charge on any atom is -0.121 e. The Kier molecular flexibility index (Phi) is 4.70. The van der Waals surface area contributed by atoms with Crippen LogP contribution in [0.15, 0.2) is 63.5 Å². The molecule has 0 nitrogen and oxygen atoms in total. The van der Waals surface area contributed by atoms with Crippen molar-refractivity contribution >= 4 is 27.7 Å². The highest BCUT2D eigenvalue weighted by Gasteiger charge is 2.47. The van der Waals surface area contributed by atoms with Crippen molar-refractivity contribution in [2.24, 2.45) is 5.92 Å². The molecule has 2 aliphatic rings. The SMILES string of the molecule is CC/C(Br)=C\C=C(/C)[C@H]1CC=CC2(C)c3ccccc3SC12. The lowest BCUT2D eigenvalue weighted by molar-refractivity contribution is 0.435. The summed E-state index contributed by atoms with van der Waals surface area (Å²) in [6.45, 7) is 6.87. The van der Waals surface area contributed by atoms with Crippen LogP contribution in [-0.4, -0.2) is 5.25 Å². The van der Waals surface area contributed by atoms with Crippen molar-refractivity contribution in [3.05, 3.63) is 64.2 Å². The lowest BCUT2D eigenvalue weighted by Crippen LogP contribution is -2.37. The van der Waals surface area contributed by atoms with E-state index in [2.05, 4.69) is 97.0 Å². The van der Waals surface area contributed by atoms with Gasteiger partial charge in [0.15, 0.2) is 0 Å². The molecular formula is C20H23BrS. The van der Waals surface area contributed by atoms with Gasteiger partial charge in [-0.3, -0.25) is 0 Å². The fourth-order valence-corrected chi connectivity index (χ4v) is 5.50. The number of hydrogen-bond acceptors (Lipinski definition) is 1. The van der Waals surface area contributed by atoms with Crippen molar-refractivity contribution in [1.29, 1.82) is 0 Å². The largest absolute Gasteiger partial charge is 0.121 e. The van der Waals surface area contributed by atoms with Gasteiger partial charge in [-0.1, -0.05) is 77.9 Å². The number of allylic oxidation sites excluding steroid dienone is 6. The van der Waals surface area contributed by atoms with E-state index in [9.17, 15) is 0 Å². The summed E-state index contributed by atoms with van der Waals surface area (Å²) >= 11 is 5.69. The van der Waals surface area contributed by atoms with Gasteiger partial charge in [0.1, 0.15) is 0 Å². The van der Waals surface area contributed by atoms with Gasteiger partial charge in [0, 0.05) is 15.6 Å². The Balaban J connectivity index is 1.94. The topological polar surface area (TPSA) is 0 Å². The van der Waals surface area contributed by atoms with Crippen molar-refractivity contribution in [1.82, 2.24) is 0 Å². The quantitative estimate of drug-likeness (QED) is 0.422. The average Bonchev–Trinajstić information content (AvgIpc) is 2.85. The molecule has 1 aliphatic heterocycles. The van der Waals surface area contributed by atoms with E-state index in [1.165, 1.54) is 20.5 Å². The van der Waals surface area contributed by atoms with E-state index in [-0.39, 0.29) is 5.41 Å². The number of fused-ring (bicyclic) bond motifs is 3. The monoisotopic (exact) mass is 374 g/mol. The Morgan fingerprint density at radius 1 is 1.36 bits per heavy atom. The van der Waals surface area contributed by atoms with Crippen molar-refractivity contribution in [2.75, 3.05) is 0 Å². The molecule has 2 heteroatoms. The molecule has 116 valence electrons. The molecule has 0 spiro atoms. The van der Waals surface area contributed by atoms with E-state index >= 15 is 0 Å². The van der Waals surface area contributed by atoms with Crippen molar-refractivity contribution < 1.29 is 0 Å². The minimum absolute atomic E-state index is 0.172. The van der Waals surface area contributed by atoms with Crippen LogP contribution in [0.4, 0.5) is 0 Å². The summed E-state index contributed by atoms with van der Waals surface area (Å²) in [5.74, 6) is 0.612. The first-order valence-electron chi connectivity index (χ1n) is 8.03. The van der Waals surface area contributed by atoms with Gasteiger partial charge in [-0.05, 0) is 41.8 Å². The molecular weight excluding hydrogens is 352 g/mol. The molecule has 1 aromatic rings. The lowest BCUT2D eigenvalue weighted by atomic mass is 9.69. The molecule has 1 aliphatic carbocycles. The third-order valence-corrected chi connectivity index (χ3v) is 7.49. The van der Waals surface area contributed by atoms with Crippen LogP contribution in [0, 0.1) is 5.92 Å². The fourth-order valence-electron chi connectivity index (χ4n) is 3.58. The highest BCUT2D eigenvalue weighted by molar-refractivity contribution is 9.11. The van der Waals surface area contributed by atoms with Crippen LogP contribution in [-0.2, 0) is 5.41 Å². The average molecular weight is 375 g/mol. The maximum Gasteiger partial charge on any atom is 0.0292 e. The number of benzene rings is 1. The zero-order valence-corrected chi connectivity index (χ0v) is 15.9. The van der Waals surface area contributed by atoms with Gasteiger partial charge >= 0.3 is 0 Å². The molecule has 0 radical (unpaired) electrons. The van der Waals surface area contributed by atoms with E-state index in [0.29, 0.717) is 11.2 Å². The molecule has 0 bridgehead atoms. The standard InChI is InChI=1S/C20H23BrS/c1-4-15(21)12-11-14(2)16-8-7-13-20(3)17-9-5-6-10-18(17)22-19(16)20/h5-7,9-13,16,19H,4,8H2,1-3H3/b14-11+,15-12+/t16-,19?,20?/m1/s1. The maximum atomic E-state index is 3.62. The maximum absolute atomic E-state index is 3.62.